The van der Waals surface area contributed by atoms with Gasteiger partial charge in [-0.05, 0) is 37.3 Å². The summed E-state index contributed by atoms with van der Waals surface area (Å²) in [4.78, 5) is 26.5. The van der Waals surface area contributed by atoms with Crippen molar-refractivity contribution in [2.75, 3.05) is 5.32 Å². The zero-order chi connectivity index (χ0) is 14.1. The number of nitrogens with two attached hydrogens (primary N) is 1. The molecule has 2 aromatic heterocycles. The van der Waals surface area contributed by atoms with Crippen molar-refractivity contribution in [1.82, 2.24) is 19.9 Å². The number of amides is 1. The zero-order valence-electron chi connectivity index (χ0n) is 10.8. The molecule has 0 aliphatic heterocycles. The molecule has 1 aliphatic carbocycles. The Balaban J connectivity index is 1.74. The Labute approximate surface area is 120 Å². The van der Waals surface area contributed by atoms with Gasteiger partial charge in [0.05, 0.1) is 6.33 Å². The number of fused-ring (bicyclic) bond motifs is 1. The molecule has 0 saturated heterocycles. The van der Waals surface area contributed by atoms with E-state index in [-0.39, 0.29) is 23.2 Å². The topological polar surface area (TPSA) is 110 Å². The van der Waals surface area contributed by atoms with Crippen LogP contribution in [0.4, 0.5) is 5.82 Å². The highest BCUT2D eigenvalue weighted by atomic mass is 35.5. The van der Waals surface area contributed by atoms with E-state index in [0.29, 0.717) is 11.5 Å². The average molecular weight is 295 g/mol. The summed E-state index contributed by atoms with van der Waals surface area (Å²) in [6, 6.07) is 0.253. The van der Waals surface area contributed by atoms with Crippen LogP contribution in [0.3, 0.4) is 0 Å². The first-order valence-electron chi connectivity index (χ1n) is 6.56. The van der Waals surface area contributed by atoms with Crippen LogP contribution in [0.1, 0.15) is 25.7 Å². The fourth-order valence-corrected chi connectivity index (χ4v) is 2.79. The molecule has 1 aliphatic rings. The minimum atomic E-state index is -0.204. The van der Waals surface area contributed by atoms with Crippen molar-refractivity contribution in [2.24, 2.45) is 11.7 Å². The highest BCUT2D eigenvalue weighted by Gasteiger charge is 2.25. The third kappa shape index (κ3) is 2.53. The molecule has 1 saturated carbocycles. The number of aromatic nitrogens is 4. The molecule has 0 bridgehead atoms. The van der Waals surface area contributed by atoms with Crippen molar-refractivity contribution < 1.29 is 4.79 Å². The van der Waals surface area contributed by atoms with Crippen molar-refractivity contribution >= 4 is 34.5 Å². The van der Waals surface area contributed by atoms with Gasteiger partial charge in [0, 0.05) is 12.0 Å². The van der Waals surface area contributed by atoms with E-state index in [4.69, 9.17) is 17.3 Å². The number of H-pyrrole nitrogens is 1. The molecule has 0 unspecified atom stereocenters. The van der Waals surface area contributed by atoms with Crippen molar-refractivity contribution in [1.29, 1.82) is 0 Å². The maximum atomic E-state index is 11.2. The van der Waals surface area contributed by atoms with Crippen LogP contribution in [0, 0.1) is 5.92 Å². The van der Waals surface area contributed by atoms with Crippen molar-refractivity contribution in [3.63, 3.8) is 0 Å². The van der Waals surface area contributed by atoms with Crippen LogP contribution in [0.15, 0.2) is 6.33 Å². The average Bonchev–Trinajstić information content (AvgIpc) is 2.87. The maximum absolute atomic E-state index is 11.2. The zero-order valence-corrected chi connectivity index (χ0v) is 11.5. The molecule has 0 radical (unpaired) electrons. The number of hydrogen-bond acceptors (Lipinski definition) is 5. The van der Waals surface area contributed by atoms with Crippen LogP contribution in [0.25, 0.3) is 11.2 Å². The smallest absolute Gasteiger partial charge is 0.226 e. The molecular weight excluding hydrogens is 280 g/mol. The lowest BCUT2D eigenvalue weighted by Crippen LogP contribution is -2.32. The lowest BCUT2D eigenvalue weighted by atomic mass is 9.85. The molecule has 1 amide bonds. The minimum Gasteiger partial charge on any atom is -0.369 e. The van der Waals surface area contributed by atoms with Crippen LogP contribution >= 0.6 is 11.6 Å². The fraction of sp³-hybridized carbons (Fsp3) is 0.500. The molecule has 106 valence electrons. The molecule has 7 nitrogen and oxygen atoms in total. The second-order valence-electron chi connectivity index (χ2n) is 5.04. The van der Waals surface area contributed by atoms with Gasteiger partial charge in [-0.2, -0.15) is 9.97 Å². The molecule has 0 spiro atoms. The van der Waals surface area contributed by atoms with Crippen molar-refractivity contribution in [2.45, 2.75) is 31.7 Å². The number of aromatic amines is 1. The standard InChI is InChI=1S/C12H15ClN6O/c13-12-18-10-8(15-5-16-10)11(19-12)17-7-3-1-6(2-4-7)9(14)20/h5-7H,1-4H2,(H2,14,20)(H2,15,16,17,18,19). The number of carbonyl (C=O) groups is 1. The van der Waals surface area contributed by atoms with Gasteiger partial charge in [-0.15, -0.1) is 0 Å². The number of nitrogens with one attached hydrogen (secondary N) is 2. The SMILES string of the molecule is NC(=O)C1CCC(Nc2nc(Cl)nc3nc[nH]c23)CC1. The summed E-state index contributed by atoms with van der Waals surface area (Å²) in [5.74, 6) is 0.443. The van der Waals surface area contributed by atoms with Crippen molar-refractivity contribution in [3.8, 4) is 0 Å². The van der Waals surface area contributed by atoms with E-state index in [1.54, 1.807) is 6.33 Å². The van der Waals surface area contributed by atoms with E-state index >= 15 is 0 Å². The van der Waals surface area contributed by atoms with Gasteiger partial charge in [-0.1, -0.05) is 0 Å². The molecule has 1 fully saturated rings. The van der Waals surface area contributed by atoms with E-state index in [2.05, 4.69) is 25.3 Å². The lowest BCUT2D eigenvalue weighted by Gasteiger charge is -2.27. The summed E-state index contributed by atoms with van der Waals surface area (Å²) < 4.78 is 0. The Bertz CT molecular complexity index is 634. The van der Waals surface area contributed by atoms with Crippen LogP contribution in [-0.4, -0.2) is 31.9 Å². The van der Waals surface area contributed by atoms with Crippen LogP contribution < -0.4 is 11.1 Å². The Kier molecular flexibility index (Phi) is 3.43. The predicted molar refractivity (Wildman–Crippen MR) is 75.3 cm³/mol. The van der Waals surface area contributed by atoms with E-state index in [1.165, 1.54) is 0 Å². The van der Waals surface area contributed by atoms with Gasteiger partial charge >= 0.3 is 0 Å². The van der Waals surface area contributed by atoms with E-state index in [1.807, 2.05) is 0 Å². The summed E-state index contributed by atoms with van der Waals surface area (Å²) >= 11 is 5.89. The molecule has 4 N–H and O–H groups in total. The molecule has 0 atom stereocenters. The van der Waals surface area contributed by atoms with E-state index in [0.717, 1.165) is 31.2 Å². The number of rotatable bonds is 3. The highest BCUT2D eigenvalue weighted by molar-refractivity contribution is 6.28. The highest BCUT2D eigenvalue weighted by Crippen LogP contribution is 2.27. The normalized spacial score (nSPS) is 22.9. The van der Waals surface area contributed by atoms with Gasteiger partial charge in [0.15, 0.2) is 11.5 Å². The van der Waals surface area contributed by atoms with E-state index in [9.17, 15) is 4.79 Å². The number of nitrogens with zero attached hydrogens (tertiary/aromatic N) is 3. The van der Waals surface area contributed by atoms with Gasteiger partial charge in [-0.3, -0.25) is 4.79 Å². The van der Waals surface area contributed by atoms with Gasteiger partial charge < -0.3 is 16.0 Å². The molecule has 3 rings (SSSR count). The quantitative estimate of drug-likeness (QED) is 0.742. The summed E-state index contributed by atoms with van der Waals surface area (Å²) in [5, 5.41) is 3.52. The fourth-order valence-electron chi connectivity index (χ4n) is 2.63. The third-order valence-electron chi connectivity index (χ3n) is 3.73. The van der Waals surface area contributed by atoms with E-state index < -0.39 is 0 Å². The van der Waals surface area contributed by atoms with Gasteiger partial charge in [0.2, 0.25) is 11.2 Å². The maximum Gasteiger partial charge on any atom is 0.226 e. The van der Waals surface area contributed by atoms with Crippen LogP contribution in [-0.2, 0) is 4.79 Å². The summed E-state index contributed by atoms with van der Waals surface area (Å²) in [6.45, 7) is 0. The van der Waals surface area contributed by atoms with Gasteiger partial charge in [0.1, 0.15) is 5.52 Å². The Morgan fingerprint density at radius 3 is 2.80 bits per heavy atom. The third-order valence-corrected chi connectivity index (χ3v) is 3.90. The first-order valence-corrected chi connectivity index (χ1v) is 6.93. The summed E-state index contributed by atoms with van der Waals surface area (Å²) in [6.07, 6.45) is 4.93. The number of halogens is 1. The van der Waals surface area contributed by atoms with Gasteiger partial charge in [-0.25, -0.2) is 4.98 Å². The summed E-state index contributed by atoms with van der Waals surface area (Å²) in [7, 11) is 0. The second kappa shape index (κ2) is 5.24. The first kappa shape index (κ1) is 13.1. The van der Waals surface area contributed by atoms with Crippen molar-refractivity contribution in [3.05, 3.63) is 11.6 Å². The second-order valence-corrected chi connectivity index (χ2v) is 5.38. The molecule has 8 heteroatoms. The summed E-state index contributed by atoms with van der Waals surface area (Å²) in [5.41, 5.74) is 6.62. The minimum absolute atomic E-state index is 0.00536. The largest absolute Gasteiger partial charge is 0.369 e. The molecule has 2 heterocycles. The number of hydrogen-bond donors (Lipinski definition) is 3. The molecule has 2 aromatic rings. The number of carbonyl (C=O) groups excluding carboxylic acids is 1. The first-order chi connectivity index (χ1) is 9.63. The predicted octanol–water partition coefficient (Wildman–Crippen LogP) is 1.46. The monoisotopic (exact) mass is 294 g/mol. The number of anilines is 1. The Hall–Kier alpha value is -1.89. The lowest BCUT2D eigenvalue weighted by molar-refractivity contribution is -0.122. The Morgan fingerprint density at radius 2 is 2.10 bits per heavy atom. The van der Waals surface area contributed by atoms with Gasteiger partial charge in [0.25, 0.3) is 0 Å². The number of primary amides is 1. The molecular formula is C12H15ClN6O. The van der Waals surface area contributed by atoms with Crippen LogP contribution in [0.2, 0.25) is 5.28 Å². The molecule has 20 heavy (non-hydrogen) atoms. The number of imidazole rings is 1. The molecule has 0 aromatic carbocycles. The Morgan fingerprint density at radius 1 is 1.35 bits per heavy atom. The van der Waals surface area contributed by atoms with Crippen LogP contribution in [0.5, 0.6) is 0 Å².